The fourth-order valence-corrected chi connectivity index (χ4v) is 3.10. The molecule has 1 rings (SSSR count). The molecule has 1 N–H and O–H groups in total. The van der Waals surface area contributed by atoms with Gasteiger partial charge in [-0.15, -0.1) is 23.2 Å². The molecule has 0 saturated carbocycles. The van der Waals surface area contributed by atoms with E-state index in [1.807, 2.05) is 0 Å². The van der Waals surface area contributed by atoms with Crippen LogP contribution in [0.5, 0.6) is 0 Å². The largest absolute Gasteiger partial charge is 0.343 e. The second-order valence-corrected chi connectivity index (χ2v) is 5.06. The summed E-state index contributed by atoms with van der Waals surface area (Å²) in [6, 6.07) is 0. The highest BCUT2D eigenvalue weighted by Gasteiger charge is 2.32. The number of nitrogens with one attached hydrogen (secondary N) is 1. The first-order valence-corrected chi connectivity index (χ1v) is 6.77. The minimum Gasteiger partial charge on any atom is -0.306 e. The summed E-state index contributed by atoms with van der Waals surface area (Å²) in [6.07, 6.45) is 0.617. The fraction of sp³-hybridized carbons (Fsp3) is 1.00. The maximum atomic E-state index is 12.5. The molecule has 1 fully saturated rings. The molecule has 1 aliphatic rings. The third-order valence-electron chi connectivity index (χ3n) is 1.58. The van der Waals surface area contributed by atoms with Gasteiger partial charge in [-0.05, 0) is 6.42 Å². The zero-order valence-corrected chi connectivity index (χ0v) is 9.91. The van der Waals surface area contributed by atoms with Gasteiger partial charge >= 0.3 is 7.67 Å². The first kappa shape index (κ1) is 7.88. The van der Waals surface area contributed by atoms with E-state index < -0.39 is 32.4 Å². The van der Waals surface area contributed by atoms with Crippen molar-refractivity contribution >= 4 is 30.9 Å². The summed E-state index contributed by atoms with van der Waals surface area (Å²) < 4.78 is 49.0. The molecule has 3 unspecified atom stereocenters. The monoisotopic (exact) mass is 266 g/mol. The van der Waals surface area contributed by atoms with Gasteiger partial charge < -0.3 is 4.52 Å². The van der Waals surface area contributed by atoms with Gasteiger partial charge in [0.25, 0.3) is 0 Å². The van der Waals surface area contributed by atoms with Crippen LogP contribution in [0.15, 0.2) is 0 Å². The molecule has 7 heteroatoms. The van der Waals surface area contributed by atoms with Crippen molar-refractivity contribution in [2.24, 2.45) is 0 Å². The van der Waals surface area contributed by atoms with Gasteiger partial charge in [-0.1, -0.05) is 0 Å². The van der Waals surface area contributed by atoms with Crippen molar-refractivity contribution < 1.29 is 14.6 Å². The van der Waals surface area contributed by atoms with Gasteiger partial charge in [0, 0.05) is 36.8 Å². The Morgan fingerprint density at radius 1 is 1.64 bits per heavy atom. The van der Waals surface area contributed by atoms with E-state index in [4.69, 9.17) is 33.2 Å². The number of nitrogens with zero attached hydrogens (tertiary/aromatic N) is 1. The van der Waals surface area contributed by atoms with Crippen LogP contribution in [0.4, 0.5) is 0 Å². The van der Waals surface area contributed by atoms with Crippen LogP contribution >= 0.6 is 30.9 Å². The smallest absolute Gasteiger partial charge is 0.306 e. The highest BCUT2D eigenvalue weighted by molar-refractivity contribution is 7.54. The Bertz CT molecular complexity index is 321. The quantitative estimate of drug-likeness (QED) is 0.610. The van der Waals surface area contributed by atoms with E-state index in [1.165, 1.54) is 0 Å². The topological polar surface area (TPSA) is 41.6 Å². The molecule has 1 aliphatic heterocycles. The van der Waals surface area contributed by atoms with Crippen molar-refractivity contribution in [1.82, 2.24) is 9.76 Å². The van der Waals surface area contributed by atoms with E-state index in [0.29, 0.717) is 17.6 Å². The number of hydrogen-bond acceptors (Lipinski definition) is 2. The summed E-state index contributed by atoms with van der Waals surface area (Å²) in [5.74, 6) is -1.11. The molecule has 0 bridgehead atoms. The summed E-state index contributed by atoms with van der Waals surface area (Å²) >= 11 is 11.0. The van der Waals surface area contributed by atoms with Crippen molar-refractivity contribution in [2.75, 3.05) is 37.9 Å². The molecule has 0 aromatic rings. The van der Waals surface area contributed by atoms with Gasteiger partial charge in [0.2, 0.25) is 0 Å². The van der Waals surface area contributed by atoms with E-state index in [9.17, 15) is 4.57 Å². The molecule has 0 aromatic carbocycles. The number of rotatable bonds is 5. The van der Waals surface area contributed by atoms with Crippen LogP contribution in [0, 0.1) is 0 Å². The lowest BCUT2D eigenvalue weighted by atomic mass is 10.5. The highest BCUT2D eigenvalue weighted by Crippen LogP contribution is 2.47. The second-order valence-electron chi connectivity index (χ2n) is 2.51. The van der Waals surface area contributed by atoms with Crippen LogP contribution in [0.3, 0.4) is 0 Å². The second kappa shape index (κ2) is 6.31. The molecule has 0 aromatic heterocycles. The number of halogens is 2. The van der Waals surface area contributed by atoms with Crippen molar-refractivity contribution in [2.45, 2.75) is 6.42 Å². The average molecular weight is 267 g/mol. The summed E-state index contributed by atoms with van der Waals surface area (Å²) in [5, 5.41) is 2.54. The maximum absolute atomic E-state index is 12.5. The molecular weight excluding hydrogens is 246 g/mol. The Morgan fingerprint density at radius 3 is 2.71 bits per heavy atom. The third-order valence-corrected chi connectivity index (χ3v) is 3.79. The van der Waals surface area contributed by atoms with Gasteiger partial charge in [-0.3, -0.25) is 4.57 Å². The average Bonchev–Trinajstić information content (AvgIpc) is 2.29. The Hall–Kier alpha value is 0.690. The predicted molar refractivity (Wildman–Crippen MR) is 59.2 cm³/mol. The Labute approximate surface area is 100 Å². The standard InChI is InChI=1S/C7H15Cl2N2O2P/c8-2-5-11(6-3-9)14(12)10-4-1-7-13-14/h1-7H2,(H,10,12)/i5TD,6TD. The molecule has 0 spiro atoms. The predicted octanol–water partition coefficient (Wildman–Crippen LogP) is 1.88. The van der Waals surface area contributed by atoms with Crippen molar-refractivity contribution in [3.63, 3.8) is 0 Å². The molecule has 3 atom stereocenters. The Morgan fingerprint density at radius 2 is 2.29 bits per heavy atom. The van der Waals surface area contributed by atoms with Crippen LogP contribution in [-0.4, -0.2) is 42.6 Å². The lowest BCUT2D eigenvalue weighted by Crippen LogP contribution is -2.35. The first-order valence-electron chi connectivity index (χ1n) is 6.12. The molecule has 14 heavy (non-hydrogen) atoms. The van der Waals surface area contributed by atoms with Crippen LogP contribution in [0.2, 0.25) is 0 Å². The van der Waals surface area contributed by atoms with Crippen molar-refractivity contribution in [3.05, 3.63) is 0 Å². The summed E-state index contributed by atoms with van der Waals surface area (Å²) in [5.41, 5.74) is 0. The number of hydrogen-bond donors (Lipinski definition) is 1. The molecule has 4 nitrogen and oxygen atoms in total. The molecular formula is C7H15Cl2N2O2P. The Kier molecular flexibility index (Phi) is 3.55. The van der Waals surface area contributed by atoms with Crippen LogP contribution < -0.4 is 5.09 Å². The zero-order valence-electron chi connectivity index (χ0n) is 11.5. The minimum absolute atomic E-state index is 0.164. The zero-order chi connectivity index (χ0) is 14.0. The van der Waals surface area contributed by atoms with E-state index in [-0.39, 0.29) is 6.61 Å². The molecule has 0 aliphatic carbocycles. The van der Waals surface area contributed by atoms with E-state index in [2.05, 4.69) is 5.09 Å². The summed E-state index contributed by atoms with van der Waals surface area (Å²) in [4.78, 5) is 0. The molecule has 0 radical (unpaired) electrons. The molecule has 84 valence electrons. The van der Waals surface area contributed by atoms with Gasteiger partial charge in [0.05, 0.1) is 6.61 Å². The normalized spacial score (nSPS) is 41.4. The van der Waals surface area contributed by atoms with Gasteiger partial charge in [-0.2, -0.15) is 0 Å². The fourth-order valence-electron chi connectivity index (χ4n) is 1.01. The van der Waals surface area contributed by atoms with Gasteiger partial charge in [0.1, 0.15) is 0 Å². The van der Waals surface area contributed by atoms with E-state index in [0.717, 1.165) is 0 Å². The van der Waals surface area contributed by atoms with Crippen LogP contribution in [-0.2, 0) is 9.09 Å². The lowest BCUT2D eigenvalue weighted by molar-refractivity contribution is 0.233. The molecule has 1 heterocycles. The van der Waals surface area contributed by atoms with Gasteiger partial charge in [-0.25, -0.2) is 9.76 Å². The molecule has 0 amide bonds. The summed E-state index contributed by atoms with van der Waals surface area (Å²) in [6.45, 7) is -4.18. The highest BCUT2D eigenvalue weighted by atomic mass is 35.5. The minimum atomic E-state index is -3.84. The van der Waals surface area contributed by atoms with Gasteiger partial charge in [0.15, 0.2) is 0 Å². The molecule has 1 saturated heterocycles. The lowest BCUT2D eigenvalue weighted by Gasteiger charge is -2.33. The maximum Gasteiger partial charge on any atom is 0.343 e. The van der Waals surface area contributed by atoms with Crippen molar-refractivity contribution in [3.8, 4) is 0 Å². The van der Waals surface area contributed by atoms with E-state index >= 15 is 0 Å². The first-order chi connectivity index (χ1) is 8.19. The third kappa shape index (κ3) is 3.37. The number of alkyl halides is 2. The van der Waals surface area contributed by atoms with Crippen molar-refractivity contribution in [1.29, 1.82) is 0 Å². The SMILES string of the molecule is [2H]C([3H])(CCl)N(C([2H])([3H])CCl)P1(=O)NCCCO1. The van der Waals surface area contributed by atoms with E-state index in [1.54, 1.807) is 0 Å². The summed E-state index contributed by atoms with van der Waals surface area (Å²) in [7, 11) is -3.84. The Balaban J connectivity index is 3.16. The van der Waals surface area contributed by atoms with Crippen LogP contribution in [0.25, 0.3) is 0 Å². The van der Waals surface area contributed by atoms with Crippen LogP contribution in [0.1, 0.15) is 11.9 Å².